The lowest BCUT2D eigenvalue weighted by Gasteiger charge is -2.36. The molecule has 0 aromatic carbocycles. The van der Waals surface area contributed by atoms with Gasteiger partial charge in [-0.2, -0.15) is 0 Å². The summed E-state index contributed by atoms with van der Waals surface area (Å²) in [6.07, 6.45) is 7.17. The van der Waals surface area contributed by atoms with Gasteiger partial charge in [-0.3, -0.25) is 4.79 Å². The van der Waals surface area contributed by atoms with Crippen LogP contribution in [0.3, 0.4) is 0 Å². The van der Waals surface area contributed by atoms with Crippen molar-refractivity contribution in [1.82, 2.24) is 14.9 Å². The normalized spacial score (nSPS) is 19.7. The number of hydrogen-bond acceptors (Lipinski definition) is 5. The number of aryl methyl sites for hydroxylation is 2. The van der Waals surface area contributed by atoms with Gasteiger partial charge in [0.1, 0.15) is 21.8 Å². The summed E-state index contributed by atoms with van der Waals surface area (Å²) in [4.78, 5) is 29.3. The Labute approximate surface area is 182 Å². The van der Waals surface area contributed by atoms with E-state index in [-0.39, 0.29) is 5.91 Å². The topological polar surface area (TPSA) is 49.3 Å². The summed E-state index contributed by atoms with van der Waals surface area (Å²) in [5, 5.41) is 0.821. The largest absolute Gasteiger partial charge is 0.352 e. The number of thiophene rings is 1. The van der Waals surface area contributed by atoms with Crippen molar-refractivity contribution in [2.75, 3.05) is 31.1 Å². The first-order valence-electron chi connectivity index (χ1n) is 11.0. The van der Waals surface area contributed by atoms with E-state index in [4.69, 9.17) is 21.6 Å². The molecule has 158 valence electrons. The first kappa shape index (κ1) is 20.9. The zero-order valence-electron chi connectivity index (χ0n) is 17.7. The predicted molar refractivity (Wildman–Crippen MR) is 121 cm³/mol. The molecule has 1 amide bonds. The molecule has 0 spiro atoms. The molecule has 0 bridgehead atoms. The average molecular weight is 435 g/mol. The van der Waals surface area contributed by atoms with Gasteiger partial charge in [-0.05, 0) is 44.6 Å². The van der Waals surface area contributed by atoms with E-state index in [1.165, 1.54) is 41.5 Å². The Morgan fingerprint density at radius 3 is 2.52 bits per heavy atom. The van der Waals surface area contributed by atoms with Gasteiger partial charge in [-0.1, -0.05) is 20.3 Å². The van der Waals surface area contributed by atoms with Crippen LogP contribution in [0, 0.1) is 0 Å². The molecule has 5 nitrogen and oxygen atoms in total. The number of anilines is 1. The Morgan fingerprint density at radius 1 is 1.10 bits per heavy atom. The predicted octanol–water partition coefficient (Wildman–Crippen LogP) is 4.75. The third-order valence-corrected chi connectivity index (χ3v) is 7.72. The maximum Gasteiger partial charge on any atom is 0.240 e. The third kappa shape index (κ3) is 4.11. The zero-order valence-corrected chi connectivity index (χ0v) is 19.3. The second-order valence-electron chi connectivity index (χ2n) is 8.39. The van der Waals surface area contributed by atoms with E-state index in [0.717, 1.165) is 42.4 Å². The average Bonchev–Trinajstić information content (AvgIpc) is 2.92. The summed E-state index contributed by atoms with van der Waals surface area (Å²) < 4.78 is 0. The minimum atomic E-state index is -0.461. The molecule has 0 radical (unpaired) electrons. The highest BCUT2D eigenvalue weighted by Crippen LogP contribution is 2.40. The van der Waals surface area contributed by atoms with Gasteiger partial charge < -0.3 is 9.80 Å². The lowest BCUT2D eigenvalue weighted by Crippen LogP contribution is -2.50. The number of fused-ring (bicyclic) bond motifs is 3. The highest BCUT2D eigenvalue weighted by Gasteiger charge is 2.28. The van der Waals surface area contributed by atoms with Gasteiger partial charge in [-0.15, -0.1) is 22.9 Å². The van der Waals surface area contributed by atoms with E-state index in [0.29, 0.717) is 19.0 Å². The fourth-order valence-corrected chi connectivity index (χ4v) is 5.75. The van der Waals surface area contributed by atoms with Crippen LogP contribution >= 0.6 is 22.9 Å². The van der Waals surface area contributed by atoms with E-state index in [2.05, 4.69) is 18.7 Å². The fraction of sp³-hybridized carbons (Fsp3) is 0.682. The molecule has 1 fully saturated rings. The monoisotopic (exact) mass is 434 g/mol. The fourth-order valence-electron chi connectivity index (χ4n) is 4.35. The van der Waals surface area contributed by atoms with Gasteiger partial charge in [0.05, 0.1) is 5.39 Å². The van der Waals surface area contributed by atoms with E-state index >= 15 is 0 Å². The van der Waals surface area contributed by atoms with Crippen molar-refractivity contribution in [3.8, 4) is 0 Å². The number of nitrogens with zero attached hydrogens (tertiary/aromatic N) is 4. The van der Waals surface area contributed by atoms with Gasteiger partial charge in [0.2, 0.25) is 5.91 Å². The summed E-state index contributed by atoms with van der Waals surface area (Å²) in [5.74, 6) is 2.43. The molecule has 2 aliphatic rings. The zero-order chi connectivity index (χ0) is 20.5. The van der Waals surface area contributed by atoms with Crippen LogP contribution in [-0.2, 0) is 17.6 Å². The Hall–Kier alpha value is -1.40. The summed E-state index contributed by atoms with van der Waals surface area (Å²) in [5.41, 5.74) is 1.49. The van der Waals surface area contributed by atoms with Crippen molar-refractivity contribution >= 4 is 44.9 Å². The van der Waals surface area contributed by atoms with Gasteiger partial charge >= 0.3 is 0 Å². The minimum absolute atomic E-state index is 0.0313. The van der Waals surface area contributed by atoms with Gasteiger partial charge in [0.25, 0.3) is 0 Å². The van der Waals surface area contributed by atoms with E-state index in [1.54, 1.807) is 6.92 Å². The maximum atomic E-state index is 12.3. The number of aromatic nitrogens is 2. The van der Waals surface area contributed by atoms with Crippen LogP contribution in [-0.4, -0.2) is 52.3 Å². The molecular formula is C22H31ClN4OS. The lowest BCUT2D eigenvalue weighted by molar-refractivity contribution is -0.130. The minimum Gasteiger partial charge on any atom is -0.352 e. The number of amides is 1. The van der Waals surface area contributed by atoms with Crippen LogP contribution in [0.5, 0.6) is 0 Å². The highest BCUT2D eigenvalue weighted by atomic mass is 35.5. The van der Waals surface area contributed by atoms with E-state index < -0.39 is 5.38 Å². The summed E-state index contributed by atoms with van der Waals surface area (Å²) in [6, 6.07) is 0. The molecule has 1 aliphatic carbocycles. The van der Waals surface area contributed by atoms with Crippen LogP contribution in [0.1, 0.15) is 68.6 Å². The summed E-state index contributed by atoms with van der Waals surface area (Å²) >= 11 is 7.90. The molecule has 0 unspecified atom stereocenters. The van der Waals surface area contributed by atoms with Gasteiger partial charge in [-0.25, -0.2) is 9.97 Å². The molecule has 0 saturated carbocycles. The molecule has 3 heterocycles. The first-order valence-corrected chi connectivity index (χ1v) is 12.2. The molecular weight excluding hydrogens is 404 g/mol. The Morgan fingerprint density at radius 2 is 1.83 bits per heavy atom. The third-order valence-electron chi connectivity index (χ3n) is 6.35. The molecule has 2 aromatic rings. The molecule has 1 saturated heterocycles. The number of piperazine rings is 1. The molecule has 2 aromatic heterocycles. The van der Waals surface area contributed by atoms with Crippen molar-refractivity contribution in [3.63, 3.8) is 0 Å². The smallest absolute Gasteiger partial charge is 0.240 e. The molecule has 2 atom stereocenters. The number of alkyl halides is 1. The van der Waals surface area contributed by atoms with Crippen LogP contribution < -0.4 is 4.90 Å². The highest BCUT2D eigenvalue weighted by molar-refractivity contribution is 7.19. The lowest BCUT2D eigenvalue weighted by atomic mass is 10.1. The Kier molecular flexibility index (Phi) is 6.30. The number of carbonyl (C=O) groups excluding carboxylic acids is 1. The SMILES string of the molecule is CC[C@@H](C)c1nc(N2CCN(C(=O)[C@H](C)Cl)CC2)c2c3c(sc2n1)CCCCC3. The number of carbonyl (C=O) groups is 1. The first-order chi connectivity index (χ1) is 14.0. The van der Waals surface area contributed by atoms with Crippen LogP contribution in [0.15, 0.2) is 0 Å². The summed E-state index contributed by atoms with van der Waals surface area (Å²) in [7, 11) is 0. The molecule has 4 rings (SSSR count). The second kappa shape index (κ2) is 8.76. The Balaban J connectivity index is 1.72. The second-order valence-corrected chi connectivity index (χ2v) is 10.1. The van der Waals surface area contributed by atoms with Crippen molar-refractivity contribution in [2.45, 2.75) is 70.6 Å². The summed E-state index contributed by atoms with van der Waals surface area (Å²) in [6.45, 7) is 9.15. The van der Waals surface area contributed by atoms with Crippen LogP contribution in [0.2, 0.25) is 0 Å². The van der Waals surface area contributed by atoms with Crippen LogP contribution in [0.25, 0.3) is 10.2 Å². The van der Waals surface area contributed by atoms with Gasteiger partial charge in [0.15, 0.2) is 0 Å². The number of rotatable bonds is 4. The van der Waals surface area contributed by atoms with Crippen molar-refractivity contribution in [1.29, 1.82) is 0 Å². The molecule has 0 N–H and O–H groups in total. The van der Waals surface area contributed by atoms with Crippen molar-refractivity contribution in [3.05, 3.63) is 16.3 Å². The van der Waals surface area contributed by atoms with Crippen molar-refractivity contribution in [2.24, 2.45) is 0 Å². The van der Waals surface area contributed by atoms with E-state index in [9.17, 15) is 4.79 Å². The maximum absolute atomic E-state index is 12.3. The van der Waals surface area contributed by atoms with E-state index in [1.807, 2.05) is 16.2 Å². The van der Waals surface area contributed by atoms with Crippen molar-refractivity contribution < 1.29 is 4.79 Å². The molecule has 29 heavy (non-hydrogen) atoms. The molecule has 7 heteroatoms. The Bertz CT molecular complexity index is 889. The number of hydrogen-bond donors (Lipinski definition) is 0. The standard InChI is InChI=1S/C22H31ClN4OS/c1-4-14(2)19-24-20(26-10-12-27(13-11-26)22(28)15(3)23)18-16-8-6-5-7-9-17(16)29-21(18)25-19/h14-15H,4-13H2,1-3H3/t14-,15+/m1/s1. The van der Waals surface area contributed by atoms with Gasteiger partial charge in [0, 0.05) is 37.0 Å². The molecule has 1 aliphatic heterocycles. The van der Waals surface area contributed by atoms with Crippen LogP contribution in [0.4, 0.5) is 5.82 Å². The quantitative estimate of drug-likeness (QED) is 0.514. The number of halogens is 1.